The fourth-order valence-electron chi connectivity index (χ4n) is 5.09. The first-order valence-electron chi connectivity index (χ1n) is 14.8. The standard InChI is InChI=1S/C28H35F4N5O3/c1-15(2)37-22(11-12-33-37)25(38)35-24(23(17-5-6-17)18-7-8-18)26(39)34-21-10-9-19(13-20(21)29)16(3)27(40)36(4)14-28(30,31)32/h9-13,15-18,23-24H,5-8,14H2,1-4H3,(H,34,39)(H,35,38)/t16-,24-/m0/s1/i4D3. The molecule has 1 heterocycles. The second kappa shape index (κ2) is 11.6. The van der Waals surface area contributed by atoms with Crippen LogP contribution in [0.1, 0.15) is 78.6 Å². The number of nitrogens with one attached hydrogen (secondary N) is 2. The first-order valence-corrected chi connectivity index (χ1v) is 13.3. The molecule has 2 atom stereocenters. The van der Waals surface area contributed by atoms with Gasteiger partial charge < -0.3 is 15.5 Å². The van der Waals surface area contributed by atoms with Gasteiger partial charge in [-0.1, -0.05) is 6.07 Å². The van der Waals surface area contributed by atoms with Crippen LogP contribution in [0.3, 0.4) is 0 Å². The van der Waals surface area contributed by atoms with Crippen LogP contribution >= 0.6 is 0 Å². The number of likely N-dealkylation sites (N-methyl/N-ethyl adjacent to an activating group) is 1. The molecule has 0 aliphatic heterocycles. The third-order valence-corrected chi connectivity index (χ3v) is 7.40. The maximum Gasteiger partial charge on any atom is 0.406 e. The van der Waals surface area contributed by atoms with Crippen LogP contribution in [-0.4, -0.2) is 58.1 Å². The molecule has 2 aromatic rings. The van der Waals surface area contributed by atoms with E-state index in [0.717, 1.165) is 37.8 Å². The van der Waals surface area contributed by atoms with Crippen molar-refractivity contribution in [3.05, 3.63) is 47.5 Å². The van der Waals surface area contributed by atoms with Gasteiger partial charge in [-0.05, 0) is 88.0 Å². The van der Waals surface area contributed by atoms with E-state index in [1.165, 1.54) is 23.9 Å². The average molecular weight is 569 g/mol. The van der Waals surface area contributed by atoms with E-state index in [9.17, 15) is 27.6 Å². The number of halogens is 4. The lowest BCUT2D eigenvalue weighted by molar-refractivity contribution is -0.159. The van der Waals surface area contributed by atoms with Gasteiger partial charge in [-0.25, -0.2) is 4.39 Å². The second-order valence-electron chi connectivity index (χ2n) is 10.9. The fraction of sp³-hybridized carbons (Fsp3) is 0.571. The van der Waals surface area contributed by atoms with Gasteiger partial charge in [0.1, 0.15) is 24.1 Å². The summed E-state index contributed by atoms with van der Waals surface area (Å²) in [6.45, 7) is -0.448. The van der Waals surface area contributed by atoms with Gasteiger partial charge in [0.2, 0.25) is 11.8 Å². The minimum atomic E-state index is -4.96. The van der Waals surface area contributed by atoms with E-state index < -0.39 is 55.2 Å². The highest BCUT2D eigenvalue weighted by Gasteiger charge is 2.48. The smallest absolute Gasteiger partial charge is 0.339 e. The molecular weight excluding hydrogens is 530 g/mol. The van der Waals surface area contributed by atoms with Gasteiger partial charge in [0.05, 0.1) is 11.6 Å². The summed E-state index contributed by atoms with van der Waals surface area (Å²) in [6, 6.07) is 3.76. The van der Waals surface area contributed by atoms with Crippen molar-refractivity contribution in [1.82, 2.24) is 20.0 Å². The molecule has 12 heteroatoms. The van der Waals surface area contributed by atoms with Crippen molar-refractivity contribution in [3.8, 4) is 0 Å². The van der Waals surface area contributed by atoms with E-state index in [1.54, 1.807) is 6.07 Å². The molecule has 40 heavy (non-hydrogen) atoms. The zero-order valence-corrected chi connectivity index (χ0v) is 22.5. The average Bonchev–Trinajstić information content (AvgIpc) is 3.85. The quantitative estimate of drug-likeness (QED) is 0.377. The van der Waals surface area contributed by atoms with Gasteiger partial charge in [0, 0.05) is 23.3 Å². The summed E-state index contributed by atoms with van der Waals surface area (Å²) in [5.41, 5.74) is -0.0466. The van der Waals surface area contributed by atoms with Gasteiger partial charge in [0.15, 0.2) is 0 Å². The van der Waals surface area contributed by atoms with Gasteiger partial charge in [-0.15, -0.1) is 0 Å². The van der Waals surface area contributed by atoms with Crippen molar-refractivity contribution in [1.29, 1.82) is 0 Å². The van der Waals surface area contributed by atoms with Crippen LogP contribution in [0.4, 0.5) is 23.2 Å². The summed E-state index contributed by atoms with van der Waals surface area (Å²) < 4.78 is 77.8. The van der Waals surface area contributed by atoms with Crippen molar-refractivity contribution < 1.29 is 36.1 Å². The molecule has 0 saturated heterocycles. The van der Waals surface area contributed by atoms with E-state index in [4.69, 9.17) is 4.11 Å². The Labute approximate surface area is 234 Å². The maximum absolute atomic E-state index is 15.2. The Balaban J connectivity index is 1.54. The predicted octanol–water partition coefficient (Wildman–Crippen LogP) is 4.90. The summed E-state index contributed by atoms with van der Waals surface area (Å²) in [4.78, 5) is 39.4. The molecule has 218 valence electrons. The Morgan fingerprint density at radius 2 is 1.77 bits per heavy atom. The summed E-state index contributed by atoms with van der Waals surface area (Å²) in [5.74, 6) is -4.51. The van der Waals surface area contributed by atoms with Gasteiger partial charge in [-0.3, -0.25) is 19.1 Å². The number of hydrogen-bond donors (Lipinski definition) is 2. The highest BCUT2D eigenvalue weighted by Crippen LogP contribution is 2.51. The van der Waals surface area contributed by atoms with Crippen molar-refractivity contribution in [3.63, 3.8) is 0 Å². The van der Waals surface area contributed by atoms with E-state index >= 15 is 4.39 Å². The lowest BCUT2D eigenvalue weighted by atomic mass is 9.88. The Morgan fingerprint density at radius 3 is 2.30 bits per heavy atom. The summed E-state index contributed by atoms with van der Waals surface area (Å²) in [6.07, 6.45) is 0.208. The molecule has 2 saturated carbocycles. The molecule has 2 fully saturated rings. The number of carbonyl (C=O) groups is 3. The Hall–Kier alpha value is -3.44. The van der Waals surface area contributed by atoms with E-state index in [2.05, 4.69) is 15.7 Å². The molecule has 0 unspecified atom stereocenters. The van der Waals surface area contributed by atoms with Crippen LogP contribution < -0.4 is 10.6 Å². The molecule has 0 radical (unpaired) electrons. The first-order chi connectivity index (χ1) is 20.0. The SMILES string of the molecule is [2H]C([2H])([2H])N(CC(F)(F)F)C(=O)[C@@H](C)c1ccc(NC(=O)[C@@H](NC(=O)c2ccnn2C(C)C)C(C2CC2)C2CC2)c(F)c1. The highest BCUT2D eigenvalue weighted by atomic mass is 19.4. The number of benzene rings is 1. The van der Waals surface area contributed by atoms with E-state index in [1.807, 2.05) is 13.8 Å². The molecule has 1 aromatic carbocycles. The number of alkyl halides is 3. The lowest BCUT2D eigenvalue weighted by Crippen LogP contribution is -2.50. The molecule has 0 bridgehead atoms. The van der Waals surface area contributed by atoms with Crippen LogP contribution in [-0.2, 0) is 9.59 Å². The number of hydrogen-bond acceptors (Lipinski definition) is 4. The molecule has 4 rings (SSSR count). The minimum Gasteiger partial charge on any atom is -0.339 e. The van der Waals surface area contributed by atoms with Gasteiger partial charge in [0.25, 0.3) is 5.91 Å². The third kappa shape index (κ3) is 7.00. The third-order valence-electron chi connectivity index (χ3n) is 7.40. The number of carbonyl (C=O) groups excluding carboxylic acids is 3. The molecular formula is C28H35F4N5O3. The normalized spacial score (nSPS) is 18.5. The van der Waals surface area contributed by atoms with Crippen LogP contribution in [0, 0.1) is 23.6 Å². The van der Waals surface area contributed by atoms with Crippen LogP contribution in [0.2, 0.25) is 0 Å². The number of anilines is 1. The van der Waals surface area contributed by atoms with Crippen LogP contribution in [0.25, 0.3) is 0 Å². The molecule has 8 nitrogen and oxygen atoms in total. The molecule has 2 aliphatic carbocycles. The van der Waals surface area contributed by atoms with E-state index in [-0.39, 0.29) is 45.6 Å². The predicted molar refractivity (Wildman–Crippen MR) is 140 cm³/mol. The van der Waals surface area contributed by atoms with Gasteiger partial charge >= 0.3 is 6.18 Å². The number of aromatic nitrogens is 2. The summed E-state index contributed by atoms with van der Waals surface area (Å²) in [7, 11) is 0. The zero-order chi connectivity index (χ0) is 31.9. The summed E-state index contributed by atoms with van der Waals surface area (Å²) >= 11 is 0. The van der Waals surface area contributed by atoms with Crippen molar-refractivity contribution in [2.75, 3.05) is 18.8 Å². The molecule has 0 spiro atoms. The highest BCUT2D eigenvalue weighted by molar-refractivity contribution is 6.01. The number of rotatable bonds is 11. The van der Waals surface area contributed by atoms with Crippen molar-refractivity contribution in [2.24, 2.45) is 17.8 Å². The molecule has 3 amide bonds. The topological polar surface area (TPSA) is 96.3 Å². The lowest BCUT2D eigenvalue weighted by Gasteiger charge is -2.28. The number of amides is 3. The zero-order valence-electron chi connectivity index (χ0n) is 25.5. The maximum atomic E-state index is 15.2. The molecule has 1 aromatic heterocycles. The minimum absolute atomic E-state index is 0.0717. The molecule has 2 N–H and O–H groups in total. The Bertz CT molecular complexity index is 1340. The number of nitrogens with zero attached hydrogens (tertiary/aromatic N) is 3. The molecule has 2 aliphatic rings. The van der Waals surface area contributed by atoms with E-state index in [0.29, 0.717) is 0 Å². The first kappa shape index (κ1) is 25.5. The monoisotopic (exact) mass is 568 g/mol. The van der Waals surface area contributed by atoms with Crippen LogP contribution in [0.15, 0.2) is 30.5 Å². The summed E-state index contributed by atoms with van der Waals surface area (Å²) in [5, 5.41) is 9.57. The van der Waals surface area contributed by atoms with Gasteiger partial charge in [-0.2, -0.15) is 18.3 Å². The Kier molecular flexibility index (Phi) is 7.39. The Morgan fingerprint density at radius 1 is 1.12 bits per heavy atom. The van der Waals surface area contributed by atoms with Crippen molar-refractivity contribution in [2.45, 2.75) is 70.6 Å². The second-order valence-corrected chi connectivity index (χ2v) is 10.9. The van der Waals surface area contributed by atoms with Crippen LogP contribution in [0.5, 0.6) is 0 Å². The fourth-order valence-corrected chi connectivity index (χ4v) is 5.09. The largest absolute Gasteiger partial charge is 0.406 e. The van der Waals surface area contributed by atoms with Crippen molar-refractivity contribution >= 4 is 23.4 Å².